The van der Waals surface area contributed by atoms with Gasteiger partial charge in [0.05, 0.1) is 13.0 Å². The molecule has 0 amide bonds. The van der Waals surface area contributed by atoms with E-state index in [0.717, 1.165) is 11.1 Å². The van der Waals surface area contributed by atoms with E-state index in [1.165, 1.54) is 24.3 Å². The zero-order valence-corrected chi connectivity index (χ0v) is 22.0. The molecule has 0 radical (unpaired) electrons. The van der Waals surface area contributed by atoms with E-state index in [9.17, 15) is 19.0 Å². The van der Waals surface area contributed by atoms with Crippen molar-refractivity contribution in [2.45, 2.75) is 26.2 Å². The number of esters is 1. The van der Waals surface area contributed by atoms with Gasteiger partial charge in [-0.05, 0) is 48.7 Å². The summed E-state index contributed by atoms with van der Waals surface area (Å²) in [6, 6.07) is 21.4. The first-order chi connectivity index (χ1) is 15.8. The number of aryl methyl sites for hydroxylation is 1. The van der Waals surface area contributed by atoms with Crippen molar-refractivity contribution in [3.8, 4) is 11.5 Å². The fourth-order valence-electron chi connectivity index (χ4n) is 3.06. The number of phosphoric ester groups is 1. The second kappa shape index (κ2) is 13.5. The smallest absolute Gasteiger partial charge is 0.736 e. The van der Waals surface area contributed by atoms with Crippen molar-refractivity contribution in [3.05, 3.63) is 95.6 Å². The molecule has 0 heterocycles. The van der Waals surface area contributed by atoms with Gasteiger partial charge in [0.25, 0.3) is 0 Å². The number of ketones is 1. The minimum absolute atomic E-state index is 0. The molecule has 0 aliphatic rings. The van der Waals surface area contributed by atoms with Crippen molar-refractivity contribution < 1.29 is 62.4 Å². The second-order valence-electron chi connectivity index (χ2n) is 7.19. The van der Waals surface area contributed by atoms with Crippen molar-refractivity contribution in [1.29, 1.82) is 0 Å². The quantitative estimate of drug-likeness (QED) is 0.174. The Balaban J connectivity index is 0.00000408. The predicted octanol–water partition coefficient (Wildman–Crippen LogP) is 1.54. The number of hydrogen-bond donors (Lipinski definition) is 0. The van der Waals surface area contributed by atoms with Gasteiger partial charge < -0.3 is 18.7 Å². The molecule has 7 nitrogen and oxygen atoms in total. The number of hydrogen-bond acceptors (Lipinski definition) is 7. The average Bonchev–Trinajstić information content (AvgIpc) is 2.79. The number of Topliss-reactive ketones (excluding diaryl/α,β-unsaturated/α-hetero) is 1. The van der Waals surface area contributed by atoms with Gasteiger partial charge in [-0.15, -0.1) is 0 Å². The minimum Gasteiger partial charge on any atom is -0.736 e. The largest absolute Gasteiger partial charge is 1.00 e. The molecule has 0 spiro atoms. The van der Waals surface area contributed by atoms with Crippen LogP contribution in [0.15, 0.2) is 78.9 Å². The summed E-state index contributed by atoms with van der Waals surface area (Å²) in [5.41, 5.74) is 2.21. The Kier molecular flexibility index (Phi) is 11.0. The van der Waals surface area contributed by atoms with Crippen LogP contribution in [0.3, 0.4) is 0 Å². The Bertz CT molecular complexity index is 1120. The summed E-state index contributed by atoms with van der Waals surface area (Å²) in [5, 5.41) is 0. The van der Waals surface area contributed by atoms with Crippen LogP contribution in [0.5, 0.6) is 11.5 Å². The maximum Gasteiger partial charge on any atom is 1.00 e. The summed E-state index contributed by atoms with van der Waals surface area (Å²) < 4.78 is 26.9. The number of benzene rings is 3. The Labute approximate surface area is 221 Å². The third kappa shape index (κ3) is 9.09. The predicted molar refractivity (Wildman–Crippen MR) is 121 cm³/mol. The summed E-state index contributed by atoms with van der Waals surface area (Å²) in [4.78, 5) is 36.1. The molecule has 0 saturated heterocycles. The number of ether oxygens (including phenoxy) is 1. The molecule has 172 valence electrons. The molecule has 3 rings (SSSR count). The van der Waals surface area contributed by atoms with Crippen molar-refractivity contribution in [1.82, 2.24) is 0 Å². The van der Waals surface area contributed by atoms with Crippen LogP contribution in [0, 0.1) is 0 Å². The van der Waals surface area contributed by atoms with Crippen molar-refractivity contribution in [2.24, 2.45) is 0 Å². The molecule has 0 N–H and O–H groups in total. The Morgan fingerprint density at radius 3 is 1.97 bits per heavy atom. The molecular formula is C25H24NaO7P. The van der Waals surface area contributed by atoms with Gasteiger partial charge in [0.2, 0.25) is 0 Å². The van der Waals surface area contributed by atoms with Gasteiger partial charge >= 0.3 is 43.3 Å². The number of phosphoric acid groups is 1. The molecule has 1 unspecified atom stereocenters. The van der Waals surface area contributed by atoms with Crippen LogP contribution in [-0.4, -0.2) is 18.4 Å². The van der Waals surface area contributed by atoms with Crippen LogP contribution in [0.25, 0.3) is 0 Å². The van der Waals surface area contributed by atoms with E-state index in [2.05, 4.69) is 0 Å². The van der Waals surface area contributed by atoms with Crippen LogP contribution < -0.4 is 43.5 Å². The zero-order valence-electron chi connectivity index (χ0n) is 19.1. The van der Waals surface area contributed by atoms with Gasteiger partial charge in [-0.2, -0.15) is 0 Å². The van der Waals surface area contributed by atoms with Gasteiger partial charge in [0.1, 0.15) is 11.5 Å². The van der Waals surface area contributed by atoms with E-state index in [1.54, 1.807) is 61.5 Å². The van der Waals surface area contributed by atoms with E-state index >= 15 is 0 Å². The summed E-state index contributed by atoms with van der Waals surface area (Å²) >= 11 is 0. The normalized spacial score (nSPS) is 12.1. The van der Waals surface area contributed by atoms with Crippen molar-refractivity contribution in [2.75, 3.05) is 6.61 Å². The van der Waals surface area contributed by atoms with E-state index in [4.69, 9.17) is 13.8 Å². The van der Waals surface area contributed by atoms with Gasteiger partial charge in [-0.25, -0.2) is 4.57 Å². The Hall–Kier alpha value is -2.41. The summed E-state index contributed by atoms with van der Waals surface area (Å²) in [7, 11) is -4.57. The third-order valence-corrected chi connectivity index (χ3v) is 5.54. The van der Waals surface area contributed by atoms with Crippen LogP contribution in [0.1, 0.15) is 34.8 Å². The topological polar surface area (TPSA) is 102 Å². The van der Waals surface area contributed by atoms with E-state index in [0.29, 0.717) is 18.6 Å². The fraction of sp³-hybridized carbons (Fsp3) is 0.200. The monoisotopic (exact) mass is 490 g/mol. The van der Waals surface area contributed by atoms with Crippen LogP contribution in [-0.2, 0) is 26.9 Å². The molecule has 0 aliphatic heterocycles. The minimum atomic E-state index is -4.57. The fourth-order valence-corrected chi connectivity index (χ4v) is 3.86. The van der Waals surface area contributed by atoms with Gasteiger partial charge in [0.15, 0.2) is 5.78 Å². The maximum atomic E-state index is 12.5. The van der Waals surface area contributed by atoms with E-state index < -0.39 is 7.82 Å². The first kappa shape index (κ1) is 27.8. The average molecular weight is 490 g/mol. The van der Waals surface area contributed by atoms with Crippen LogP contribution >= 0.6 is 7.82 Å². The molecule has 0 aliphatic carbocycles. The molecule has 1 atom stereocenters. The first-order valence-electron chi connectivity index (χ1n) is 10.5. The van der Waals surface area contributed by atoms with E-state index in [-0.39, 0.29) is 65.7 Å². The molecule has 0 bridgehead atoms. The molecule has 34 heavy (non-hydrogen) atoms. The Morgan fingerprint density at radius 1 is 0.824 bits per heavy atom. The van der Waals surface area contributed by atoms with Crippen LogP contribution in [0.2, 0.25) is 0 Å². The first-order valence-corrected chi connectivity index (χ1v) is 11.9. The summed E-state index contributed by atoms with van der Waals surface area (Å²) in [5.74, 6) is -0.0429. The second-order valence-corrected chi connectivity index (χ2v) is 8.45. The standard InChI is InChI=1S/C25H25O7P.Na/c1-2-30-25(27)18-20-8-13-21(14-9-20)24(26)17-12-19-10-15-23(16-11-19)32-33(28,29)31-22-6-4-3-5-7-22;/h3-11,13-16H,2,12,17-18H2,1H3,(H,28,29);/q;+1/p-1. The van der Waals surface area contributed by atoms with Crippen molar-refractivity contribution in [3.63, 3.8) is 0 Å². The Morgan fingerprint density at radius 2 is 1.38 bits per heavy atom. The SMILES string of the molecule is CCOC(=O)Cc1ccc(C(=O)CCc2ccc(OP(=O)([O-])Oc3ccccc3)cc2)cc1.[Na+]. The molecule has 0 saturated carbocycles. The molecule has 0 fully saturated rings. The molecule has 0 aromatic heterocycles. The molecule has 9 heteroatoms. The number of carbonyl (C=O) groups excluding carboxylic acids is 2. The number of rotatable bonds is 11. The van der Waals surface area contributed by atoms with E-state index in [1.807, 2.05) is 0 Å². The van der Waals surface area contributed by atoms with Crippen LogP contribution in [0.4, 0.5) is 0 Å². The zero-order chi connectivity index (χ0) is 23.7. The van der Waals surface area contributed by atoms with Gasteiger partial charge in [0, 0.05) is 12.0 Å². The third-order valence-electron chi connectivity index (χ3n) is 4.67. The number of carbonyl (C=O) groups is 2. The number of para-hydroxylation sites is 1. The van der Waals surface area contributed by atoms with Crippen molar-refractivity contribution >= 4 is 19.6 Å². The molecule has 3 aromatic rings. The molecule has 3 aromatic carbocycles. The summed E-state index contributed by atoms with van der Waals surface area (Å²) in [6.07, 6.45) is 0.942. The van der Waals surface area contributed by atoms with Gasteiger partial charge in [-0.3, -0.25) is 9.59 Å². The summed E-state index contributed by atoms with van der Waals surface area (Å²) in [6.45, 7) is 2.09. The maximum absolute atomic E-state index is 12.5. The molecular weight excluding hydrogens is 466 g/mol. The van der Waals surface area contributed by atoms with Gasteiger partial charge in [-0.1, -0.05) is 54.6 Å².